The van der Waals surface area contributed by atoms with Crippen molar-refractivity contribution in [2.45, 2.75) is 206 Å². The fourth-order valence-electron chi connectivity index (χ4n) is 6.04. The van der Waals surface area contributed by atoms with Crippen LogP contribution in [0.2, 0.25) is 0 Å². The summed E-state index contributed by atoms with van der Waals surface area (Å²) < 4.78 is 29.4. The van der Waals surface area contributed by atoms with Crippen LogP contribution in [0.15, 0.2) is 0 Å². The Labute approximate surface area is 231 Å². The molecule has 5 heteroatoms. The first-order chi connectivity index (χ1) is 18.1. The zero-order chi connectivity index (χ0) is 26.5. The van der Waals surface area contributed by atoms with Crippen LogP contribution in [0.4, 0.5) is 0 Å². The van der Waals surface area contributed by atoms with Crippen molar-refractivity contribution in [2.75, 3.05) is 0 Å². The summed E-state index contributed by atoms with van der Waals surface area (Å²) in [5, 5.41) is 0. The van der Waals surface area contributed by atoms with E-state index in [1.54, 1.807) is 0 Å². The number of unbranched alkanes of at least 4 members (excludes halogenated alkanes) is 24. The van der Waals surface area contributed by atoms with Crippen molar-refractivity contribution in [2.24, 2.45) is 0 Å². The molecule has 4 nitrogen and oxygen atoms in total. The monoisotopic (exact) mass is 542 g/mol. The van der Waals surface area contributed by atoms with Crippen LogP contribution in [0.25, 0.3) is 0 Å². The third kappa shape index (κ3) is 14.3. The molecule has 0 amide bonds. The van der Waals surface area contributed by atoms with E-state index in [1.807, 2.05) is 0 Å². The summed E-state index contributed by atoms with van der Waals surface area (Å²) in [5.41, 5.74) is 0. The van der Waals surface area contributed by atoms with Gasteiger partial charge in [0.2, 0.25) is 5.79 Å². The molecular weight excluding hydrogens is 479 g/mol. The predicted octanol–water partition coefficient (Wildman–Crippen LogP) is 12.2. The van der Waals surface area contributed by atoms with Gasteiger partial charge >= 0.3 is 7.82 Å². The van der Waals surface area contributed by atoms with Gasteiger partial charge in [0.25, 0.3) is 0 Å². The highest BCUT2D eigenvalue weighted by Gasteiger charge is 2.70. The first-order valence-corrected chi connectivity index (χ1v) is 18.3. The van der Waals surface area contributed by atoms with E-state index < -0.39 is 13.6 Å². The zero-order valence-electron chi connectivity index (χ0n) is 25.0. The van der Waals surface area contributed by atoms with Gasteiger partial charge in [-0.15, -0.1) is 0 Å². The average Bonchev–Trinajstić information content (AvgIpc) is 3.31. The van der Waals surface area contributed by atoms with E-state index >= 15 is 0 Å². The highest BCUT2D eigenvalue weighted by Crippen LogP contribution is 2.75. The molecule has 3 heterocycles. The molecule has 3 fully saturated rings. The molecule has 0 N–H and O–H groups in total. The molecule has 1 atom stereocenters. The molecule has 0 aromatic carbocycles. The lowest BCUT2D eigenvalue weighted by atomic mass is 9.96. The summed E-state index contributed by atoms with van der Waals surface area (Å²) in [6, 6.07) is 0. The Balaban J connectivity index is 1.39. The molecular formula is C32H63O4P. The molecule has 1 unspecified atom stereocenters. The first kappa shape index (κ1) is 33.3. The van der Waals surface area contributed by atoms with Crippen LogP contribution in [0.5, 0.6) is 0 Å². The van der Waals surface area contributed by atoms with E-state index in [-0.39, 0.29) is 6.10 Å². The minimum Gasteiger partial charge on any atom is -0.278 e. The van der Waals surface area contributed by atoms with Crippen molar-refractivity contribution >= 4 is 7.82 Å². The van der Waals surface area contributed by atoms with Gasteiger partial charge in [0.15, 0.2) is 0 Å². The fraction of sp³-hybridized carbons (Fsp3) is 1.00. The number of rotatable bonds is 28. The summed E-state index contributed by atoms with van der Waals surface area (Å²) in [6.07, 6.45) is 36.8. The topological polar surface area (TPSA) is 44.8 Å². The van der Waals surface area contributed by atoms with E-state index in [4.69, 9.17) is 13.6 Å². The molecule has 0 spiro atoms. The summed E-state index contributed by atoms with van der Waals surface area (Å²) in [4.78, 5) is 0. The van der Waals surface area contributed by atoms with Gasteiger partial charge in [-0.2, -0.15) is 0 Å². The predicted molar refractivity (Wildman–Crippen MR) is 158 cm³/mol. The second kappa shape index (κ2) is 20.9. The number of phosphoric acid groups is 1. The molecule has 3 saturated heterocycles. The van der Waals surface area contributed by atoms with Gasteiger partial charge < -0.3 is 0 Å². The molecule has 3 aliphatic heterocycles. The Kier molecular flexibility index (Phi) is 18.9. The summed E-state index contributed by atoms with van der Waals surface area (Å²) in [7, 11) is -3.19. The van der Waals surface area contributed by atoms with E-state index in [0.29, 0.717) is 0 Å². The van der Waals surface area contributed by atoms with Crippen LogP contribution < -0.4 is 0 Å². The number of fused-ring (bicyclic) bond motifs is 1. The Morgan fingerprint density at radius 2 is 0.811 bits per heavy atom. The normalized spacial score (nSPS) is 24.5. The summed E-state index contributed by atoms with van der Waals surface area (Å²) >= 11 is 0. The van der Waals surface area contributed by atoms with Crippen molar-refractivity contribution in [1.29, 1.82) is 0 Å². The van der Waals surface area contributed by atoms with Crippen LogP contribution in [-0.4, -0.2) is 11.9 Å². The van der Waals surface area contributed by atoms with Crippen molar-refractivity contribution in [3.05, 3.63) is 0 Å². The van der Waals surface area contributed by atoms with Crippen molar-refractivity contribution in [3.8, 4) is 0 Å². The van der Waals surface area contributed by atoms with Gasteiger partial charge in [-0.05, 0) is 12.8 Å². The second-order valence-corrected chi connectivity index (χ2v) is 13.5. The van der Waals surface area contributed by atoms with E-state index in [2.05, 4.69) is 13.8 Å². The van der Waals surface area contributed by atoms with Gasteiger partial charge in [-0.3, -0.25) is 13.6 Å². The average molecular weight is 543 g/mol. The van der Waals surface area contributed by atoms with Crippen LogP contribution >= 0.6 is 7.82 Å². The minimum absolute atomic E-state index is 0.122. The van der Waals surface area contributed by atoms with Crippen molar-refractivity contribution in [1.82, 2.24) is 0 Å². The van der Waals surface area contributed by atoms with Gasteiger partial charge in [0.05, 0.1) is 0 Å². The van der Waals surface area contributed by atoms with E-state index in [0.717, 1.165) is 25.7 Å². The maximum Gasteiger partial charge on any atom is 0.480 e. The first-order valence-electron chi connectivity index (χ1n) is 16.8. The van der Waals surface area contributed by atoms with Crippen LogP contribution in [-0.2, 0) is 18.1 Å². The lowest BCUT2D eigenvalue weighted by Crippen LogP contribution is -2.44. The minimum atomic E-state index is -3.19. The van der Waals surface area contributed by atoms with Crippen molar-refractivity contribution < 1.29 is 18.1 Å². The van der Waals surface area contributed by atoms with Crippen LogP contribution in [0.1, 0.15) is 194 Å². The lowest BCUT2D eigenvalue weighted by molar-refractivity contribution is -0.189. The maximum atomic E-state index is 12.3. The van der Waals surface area contributed by atoms with Crippen LogP contribution in [0, 0.1) is 0 Å². The van der Waals surface area contributed by atoms with Gasteiger partial charge in [-0.25, -0.2) is 4.57 Å². The second-order valence-electron chi connectivity index (χ2n) is 12.1. The molecule has 2 bridgehead atoms. The highest BCUT2D eigenvalue weighted by molar-refractivity contribution is 7.50. The van der Waals surface area contributed by atoms with Crippen LogP contribution in [0.3, 0.4) is 0 Å². The lowest BCUT2D eigenvalue weighted by Gasteiger charge is -2.36. The number of hydrogen-bond acceptors (Lipinski definition) is 4. The molecule has 0 saturated carbocycles. The van der Waals surface area contributed by atoms with Crippen molar-refractivity contribution in [3.63, 3.8) is 0 Å². The smallest absolute Gasteiger partial charge is 0.278 e. The van der Waals surface area contributed by atoms with E-state index in [1.165, 1.54) is 154 Å². The molecule has 3 rings (SSSR count). The number of phosphoric ester groups is 1. The highest BCUT2D eigenvalue weighted by atomic mass is 31.2. The Morgan fingerprint density at radius 3 is 1.19 bits per heavy atom. The summed E-state index contributed by atoms with van der Waals surface area (Å²) in [6.45, 7) is 4.57. The van der Waals surface area contributed by atoms with Gasteiger partial charge in [0.1, 0.15) is 6.10 Å². The molecule has 0 aromatic rings. The third-order valence-corrected chi connectivity index (χ3v) is 10.1. The SMILES string of the molecule is CCCCCCCCCCCCCCCC1OP2(=O)OC1(CCCCCCCCCCCCCCC)O2. The molecule has 0 aliphatic carbocycles. The zero-order valence-corrected chi connectivity index (χ0v) is 25.9. The molecule has 3 aliphatic rings. The Morgan fingerprint density at radius 1 is 0.486 bits per heavy atom. The molecule has 0 radical (unpaired) electrons. The Hall–Kier alpha value is 0.110. The molecule has 220 valence electrons. The fourth-order valence-corrected chi connectivity index (χ4v) is 7.90. The van der Waals surface area contributed by atoms with Gasteiger partial charge in [0, 0.05) is 6.42 Å². The largest absolute Gasteiger partial charge is 0.480 e. The van der Waals surface area contributed by atoms with Gasteiger partial charge in [-0.1, -0.05) is 174 Å². The Bertz CT molecular complexity index is 563. The summed E-state index contributed by atoms with van der Waals surface area (Å²) in [5.74, 6) is -0.690. The standard InChI is InChI=1S/C32H63O4P/c1-3-5-7-9-11-13-15-17-19-21-23-25-27-29-31-32(35-37(33,34-31)36-32)30-28-26-24-22-20-18-16-14-12-10-8-6-4-2/h31H,3-30H2,1-2H3. The maximum absolute atomic E-state index is 12.3. The van der Waals surface area contributed by atoms with E-state index in [9.17, 15) is 4.57 Å². The quantitative estimate of drug-likeness (QED) is 0.0728. The number of hydrogen-bond donors (Lipinski definition) is 0. The molecule has 37 heavy (non-hydrogen) atoms. The molecule has 0 aromatic heterocycles. The third-order valence-electron chi connectivity index (χ3n) is 8.48.